The van der Waals surface area contributed by atoms with Crippen LogP contribution in [0, 0.1) is 5.92 Å². The highest BCUT2D eigenvalue weighted by atomic mass is 127. The van der Waals surface area contributed by atoms with E-state index < -0.39 is 16.4 Å². The third-order valence-corrected chi connectivity index (χ3v) is 6.44. The van der Waals surface area contributed by atoms with Crippen LogP contribution in [0.25, 0.3) is 0 Å². The Morgan fingerprint density at radius 3 is 2.43 bits per heavy atom. The Bertz CT molecular complexity index is 568. The van der Waals surface area contributed by atoms with Gasteiger partial charge in [0.05, 0.1) is 18.8 Å². The summed E-state index contributed by atoms with van der Waals surface area (Å²) in [5.74, 6) is 1.03. The van der Waals surface area contributed by atoms with Crippen LogP contribution in [-0.2, 0) is 10.0 Å². The molecule has 0 aromatic carbocycles. The van der Waals surface area contributed by atoms with Crippen LogP contribution in [0.15, 0.2) is 4.99 Å². The molecule has 0 aromatic rings. The first-order valence-corrected chi connectivity index (χ1v) is 11.6. The SMILES string of the molecule is CCNC(=NCCS(=O)(=O)NCC1CCC1)NC1CCN(CC(F)F)CC1.I. The summed E-state index contributed by atoms with van der Waals surface area (Å²) < 4.78 is 51.6. The van der Waals surface area contributed by atoms with E-state index in [9.17, 15) is 17.2 Å². The molecule has 0 radical (unpaired) electrons. The van der Waals surface area contributed by atoms with E-state index in [0.717, 1.165) is 25.7 Å². The van der Waals surface area contributed by atoms with Crippen molar-refractivity contribution < 1.29 is 17.2 Å². The lowest BCUT2D eigenvalue weighted by Crippen LogP contribution is -2.49. The van der Waals surface area contributed by atoms with Gasteiger partial charge in [-0.05, 0) is 38.5 Å². The fourth-order valence-corrected chi connectivity index (χ4v) is 4.23. The van der Waals surface area contributed by atoms with Gasteiger partial charge in [0.1, 0.15) is 0 Å². The largest absolute Gasteiger partial charge is 0.357 e. The van der Waals surface area contributed by atoms with Gasteiger partial charge in [-0.15, -0.1) is 24.0 Å². The van der Waals surface area contributed by atoms with Crippen molar-refractivity contribution in [2.75, 3.05) is 45.0 Å². The highest BCUT2D eigenvalue weighted by molar-refractivity contribution is 14.0. The van der Waals surface area contributed by atoms with Crippen LogP contribution in [0.5, 0.6) is 0 Å². The Hall–Kier alpha value is -0.270. The molecule has 0 aromatic heterocycles. The van der Waals surface area contributed by atoms with Gasteiger partial charge in [0.25, 0.3) is 6.43 Å². The molecular weight excluding hydrogens is 503 g/mol. The normalized spacial score (nSPS) is 19.9. The number of alkyl halides is 2. The van der Waals surface area contributed by atoms with Crippen LogP contribution in [0.2, 0.25) is 0 Å². The molecule has 0 unspecified atom stereocenters. The lowest BCUT2D eigenvalue weighted by molar-refractivity contribution is 0.0744. The number of hydrogen-bond acceptors (Lipinski definition) is 4. The lowest BCUT2D eigenvalue weighted by Gasteiger charge is -2.32. The van der Waals surface area contributed by atoms with Crippen molar-refractivity contribution in [3.8, 4) is 0 Å². The molecule has 0 amide bonds. The molecule has 28 heavy (non-hydrogen) atoms. The van der Waals surface area contributed by atoms with E-state index in [4.69, 9.17) is 0 Å². The minimum Gasteiger partial charge on any atom is -0.357 e. The molecule has 1 saturated carbocycles. The molecular formula is C17H34F2IN5O2S. The maximum atomic E-state index is 12.4. The number of nitrogens with one attached hydrogen (secondary N) is 3. The van der Waals surface area contributed by atoms with Crippen LogP contribution in [0.4, 0.5) is 8.78 Å². The Labute approximate surface area is 184 Å². The molecule has 3 N–H and O–H groups in total. The van der Waals surface area contributed by atoms with E-state index in [1.54, 1.807) is 4.90 Å². The fraction of sp³-hybridized carbons (Fsp3) is 0.941. The zero-order valence-electron chi connectivity index (χ0n) is 16.5. The van der Waals surface area contributed by atoms with E-state index in [1.807, 2.05) is 6.92 Å². The first-order chi connectivity index (χ1) is 12.9. The van der Waals surface area contributed by atoms with Crippen molar-refractivity contribution in [2.24, 2.45) is 10.9 Å². The van der Waals surface area contributed by atoms with Gasteiger partial charge in [-0.25, -0.2) is 21.9 Å². The second-order valence-corrected chi connectivity index (χ2v) is 9.26. The molecule has 0 spiro atoms. The standard InChI is InChI=1S/C17H33F2N5O2S.HI/c1-2-20-17(23-15-6-9-24(10-7-15)13-16(18)19)21-8-11-27(25,26)22-12-14-4-3-5-14;/h14-16,22H,2-13H2,1H3,(H2,20,21,23);1H. The summed E-state index contributed by atoms with van der Waals surface area (Å²) in [6.07, 6.45) is 2.62. The van der Waals surface area contributed by atoms with Crippen molar-refractivity contribution in [3.63, 3.8) is 0 Å². The number of sulfonamides is 1. The van der Waals surface area contributed by atoms with Gasteiger partial charge in [0.2, 0.25) is 10.0 Å². The maximum Gasteiger partial charge on any atom is 0.251 e. The molecule has 0 atom stereocenters. The summed E-state index contributed by atoms with van der Waals surface area (Å²) >= 11 is 0. The number of piperidine rings is 1. The third-order valence-electron chi connectivity index (χ3n) is 5.12. The molecule has 0 bridgehead atoms. The van der Waals surface area contributed by atoms with Crippen LogP contribution in [0.3, 0.4) is 0 Å². The van der Waals surface area contributed by atoms with Crippen LogP contribution < -0.4 is 15.4 Å². The van der Waals surface area contributed by atoms with Gasteiger partial charge >= 0.3 is 0 Å². The van der Waals surface area contributed by atoms with E-state index in [1.165, 1.54) is 6.42 Å². The van der Waals surface area contributed by atoms with Crippen LogP contribution >= 0.6 is 24.0 Å². The number of nitrogens with zero attached hydrogens (tertiary/aromatic N) is 2. The predicted molar refractivity (Wildman–Crippen MR) is 119 cm³/mol. The van der Waals surface area contributed by atoms with Gasteiger partial charge < -0.3 is 10.6 Å². The monoisotopic (exact) mass is 537 g/mol. The molecule has 11 heteroatoms. The maximum absolute atomic E-state index is 12.4. The number of aliphatic imine (C=N–C) groups is 1. The van der Waals surface area contributed by atoms with Crippen molar-refractivity contribution in [1.29, 1.82) is 0 Å². The summed E-state index contributed by atoms with van der Waals surface area (Å²) in [6, 6.07) is 0.157. The van der Waals surface area contributed by atoms with Crippen molar-refractivity contribution in [3.05, 3.63) is 0 Å². The Balaban J connectivity index is 0.00000392. The average molecular weight is 537 g/mol. The number of hydrogen-bond donors (Lipinski definition) is 3. The molecule has 1 saturated heterocycles. The molecule has 166 valence electrons. The molecule has 1 aliphatic carbocycles. The zero-order chi connectivity index (χ0) is 19.7. The minimum absolute atomic E-state index is 0. The van der Waals surface area contributed by atoms with Crippen LogP contribution in [0.1, 0.15) is 39.0 Å². The molecule has 2 aliphatic rings. The smallest absolute Gasteiger partial charge is 0.251 e. The summed E-state index contributed by atoms with van der Waals surface area (Å²) in [5.41, 5.74) is 0. The zero-order valence-corrected chi connectivity index (χ0v) is 19.6. The number of guanidine groups is 1. The summed E-state index contributed by atoms with van der Waals surface area (Å²) in [6.45, 7) is 4.40. The number of rotatable bonds is 10. The summed E-state index contributed by atoms with van der Waals surface area (Å²) in [5, 5.41) is 6.41. The Kier molecular flexibility index (Phi) is 12.1. The minimum atomic E-state index is -3.31. The summed E-state index contributed by atoms with van der Waals surface area (Å²) in [7, 11) is -3.31. The van der Waals surface area contributed by atoms with E-state index in [-0.39, 0.29) is 48.9 Å². The number of likely N-dealkylation sites (tertiary alicyclic amines) is 1. The molecule has 2 fully saturated rings. The second kappa shape index (κ2) is 13.1. The molecule has 7 nitrogen and oxygen atoms in total. The van der Waals surface area contributed by atoms with Crippen molar-refractivity contribution in [2.45, 2.75) is 51.5 Å². The summed E-state index contributed by atoms with van der Waals surface area (Å²) in [4.78, 5) is 6.13. The third kappa shape index (κ3) is 9.97. The Morgan fingerprint density at radius 1 is 1.21 bits per heavy atom. The lowest BCUT2D eigenvalue weighted by atomic mass is 9.86. The van der Waals surface area contributed by atoms with Crippen molar-refractivity contribution >= 4 is 40.0 Å². The average Bonchev–Trinajstić information content (AvgIpc) is 2.54. The van der Waals surface area contributed by atoms with Crippen molar-refractivity contribution in [1.82, 2.24) is 20.3 Å². The first-order valence-electron chi connectivity index (χ1n) is 9.90. The molecule has 1 aliphatic heterocycles. The highest BCUT2D eigenvalue weighted by Gasteiger charge is 2.22. The van der Waals surface area contributed by atoms with Gasteiger partial charge in [0, 0.05) is 32.2 Å². The second-order valence-electron chi connectivity index (χ2n) is 7.34. The Morgan fingerprint density at radius 2 is 1.89 bits per heavy atom. The topological polar surface area (TPSA) is 85.8 Å². The van der Waals surface area contributed by atoms with Gasteiger partial charge in [0.15, 0.2) is 5.96 Å². The first kappa shape index (κ1) is 25.8. The molecule has 2 rings (SSSR count). The molecule has 1 heterocycles. The fourth-order valence-electron chi connectivity index (χ4n) is 3.26. The van der Waals surface area contributed by atoms with Gasteiger partial charge in [-0.3, -0.25) is 9.89 Å². The van der Waals surface area contributed by atoms with Gasteiger partial charge in [-0.1, -0.05) is 6.42 Å². The van der Waals surface area contributed by atoms with Gasteiger partial charge in [-0.2, -0.15) is 0 Å². The predicted octanol–water partition coefficient (Wildman–Crippen LogP) is 1.61. The number of halogens is 3. The van der Waals surface area contributed by atoms with E-state index >= 15 is 0 Å². The quantitative estimate of drug-likeness (QED) is 0.224. The van der Waals surface area contributed by atoms with Crippen LogP contribution in [-0.4, -0.2) is 76.8 Å². The van der Waals surface area contributed by atoms with E-state index in [0.29, 0.717) is 38.1 Å². The van der Waals surface area contributed by atoms with E-state index in [2.05, 4.69) is 20.3 Å². The highest BCUT2D eigenvalue weighted by Crippen LogP contribution is 2.25.